The summed E-state index contributed by atoms with van der Waals surface area (Å²) in [4.78, 5) is -0.0605. The molecule has 0 amide bonds. The van der Waals surface area contributed by atoms with Gasteiger partial charge in [0.2, 0.25) is 10.0 Å². The molecular weight excluding hydrogens is 287 g/mol. The summed E-state index contributed by atoms with van der Waals surface area (Å²) in [5.74, 6) is 0.532. The second-order valence-corrected chi connectivity index (χ2v) is 7.67. The molecule has 3 N–H and O–H groups in total. The van der Waals surface area contributed by atoms with E-state index in [1.165, 1.54) is 12.5 Å². The molecule has 1 aliphatic rings. The van der Waals surface area contributed by atoms with Crippen LogP contribution in [0.3, 0.4) is 0 Å². The Balaban J connectivity index is 2.05. The van der Waals surface area contributed by atoms with E-state index in [0.717, 1.165) is 30.7 Å². The van der Waals surface area contributed by atoms with Gasteiger partial charge in [0.15, 0.2) is 0 Å². The fourth-order valence-corrected chi connectivity index (χ4v) is 4.55. The Morgan fingerprint density at radius 3 is 2.84 bits per heavy atom. The Morgan fingerprint density at radius 2 is 2.21 bits per heavy atom. The maximum Gasteiger partial charge on any atom is 0.242 e. The number of nitrogen functional groups attached to an aromatic ring is 1. The summed E-state index contributed by atoms with van der Waals surface area (Å²) in [5, 5.41) is 0.310. The van der Waals surface area contributed by atoms with Gasteiger partial charge in [0.05, 0.1) is 5.69 Å². The number of rotatable bonds is 4. The van der Waals surface area contributed by atoms with Gasteiger partial charge in [-0.2, -0.15) is 11.8 Å². The quantitative estimate of drug-likeness (QED) is 0.834. The highest BCUT2D eigenvalue weighted by atomic mass is 32.2. The maximum absolute atomic E-state index is 12.9. The molecule has 0 saturated carbocycles. The van der Waals surface area contributed by atoms with E-state index in [1.807, 2.05) is 0 Å². The minimum absolute atomic E-state index is 0.0605. The van der Waals surface area contributed by atoms with Gasteiger partial charge >= 0.3 is 0 Å². The molecule has 1 aromatic carbocycles. The first-order valence-corrected chi connectivity index (χ1v) is 8.68. The summed E-state index contributed by atoms with van der Waals surface area (Å²) in [7, 11) is -3.66. The van der Waals surface area contributed by atoms with Crippen molar-refractivity contribution in [3.05, 3.63) is 24.0 Å². The fourth-order valence-electron chi connectivity index (χ4n) is 2.01. The molecule has 1 aliphatic heterocycles. The van der Waals surface area contributed by atoms with Crippen molar-refractivity contribution in [1.29, 1.82) is 0 Å². The summed E-state index contributed by atoms with van der Waals surface area (Å²) in [6, 6.07) is 3.31. The monoisotopic (exact) mass is 304 g/mol. The van der Waals surface area contributed by atoms with Crippen LogP contribution in [0.25, 0.3) is 0 Å². The second kappa shape index (κ2) is 6.11. The van der Waals surface area contributed by atoms with E-state index in [1.54, 1.807) is 11.8 Å². The summed E-state index contributed by atoms with van der Waals surface area (Å²) < 4.78 is 39.6. The highest BCUT2D eigenvalue weighted by Gasteiger charge is 2.21. The average Bonchev–Trinajstić information content (AvgIpc) is 2.37. The Kier molecular flexibility index (Phi) is 4.70. The average molecular weight is 304 g/mol. The summed E-state index contributed by atoms with van der Waals surface area (Å²) in [5.41, 5.74) is 5.49. The highest BCUT2D eigenvalue weighted by Crippen LogP contribution is 2.25. The molecule has 0 spiro atoms. The molecule has 1 heterocycles. The van der Waals surface area contributed by atoms with E-state index in [2.05, 4.69) is 4.72 Å². The molecule has 106 valence electrons. The molecule has 1 aromatic rings. The Morgan fingerprint density at radius 1 is 1.42 bits per heavy atom. The molecule has 0 bridgehead atoms. The third-order valence-corrected chi connectivity index (χ3v) is 5.93. The number of benzene rings is 1. The van der Waals surface area contributed by atoms with Crippen LogP contribution in [0, 0.1) is 5.82 Å². The molecule has 0 aliphatic carbocycles. The van der Waals surface area contributed by atoms with Crippen molar-refractivity contribution in [1.82, 2.24) is 4.72 Å². The van der Waals surface area contributed by atoms with Crippen LogP contribution in [0.4, 0.5) is 10.1 Å². The van der Waals surface area contributed by atoms with E-state index in [4.69, 9.17) is 5.73 Å². The van der Waals surface area contributed by atoms with E-state index < -0.39 is 15.8 Å². The van der Waals surface area contributed by atoms with Crippen LogP contribution in [0.5, 0.6) is 0 Å². The van der Waals surface area contributed by atoms with Crippen molar-refractivity contribution in [3.8, 4) is 0 Å². The molecule has 0 aromatic heterocycles. The number of nitrogens with two attached hydrogens (primary N) is 1. The van der Waals surface area contributed by atoms with Crippen LogP contribution in [-0.2, 0) is 10.0 Å². The first-order chi connectivity index (χ1) is 8.99. The molecule has 19 heavy (non-hydrogen) atoms. The van der Waals surface area contributed by atoms with Crippen LogP contribution in [-0.4, -0.2) is 26.0 Å². The highest BCUT2D eigenvalue weighted by molar-refractivity contribution is 8.00. The van der Waals surface area contributed by atoms with Gasteiger partial charge in [-0.1, -0.05) is 6.42 Å². The molecule has 7 heteroatoms. The van der Waals surface area contributed by atoms with Gasteiger partial charge in [-0.25, -0.2) is 17.5 Å². The number of nitrogens with one attached hydrogen (secondary N) is 1. The van der Waals surface area contributed by atoms with E-state index in [9.17, 15) is 12.8 Å². The lowest BCUT2D eigenvalue weighted by Crippen LogP contribution is -2.32. The number of thioether (sulfide) groups is 1. The zero-order chi connectivity index (χ0) is 13.9. The van der Waals surface area contributed by atoms with Crippen molar-refractivity contribution < 1.29 is 12.8 Å². The van der Waals surface area contributed by atoms with Gasteiger partial charge in [-0.3, -0.25) is 0 Å². The number of sulfonamides is 1. The zero-order valence-corrected chi connectivity index (χ0v) is 12.1. The molecule has 1 saturated heterocycles. The lowest BCUT2D eigenvalue weighted by Gasteiger charge is -2.21. The minimum atomic E-state index is -3.66. The van der Waals surface area contributed by atoms with Gasteiger partial charge in [0.25, 0.3) is 0 Å². The van der Waals surface area contributed by atoms with Crippen molar-refractivity contribution in [3.63, 3.8) is 0 Å². The first-order valence-electron chi connectivity index (χ1n) is 6.15. The fraction of sp³-hybridized carbons (Fsp3) is 0.500. The molecule has 1 fully saturated rings. The second-order valence-electron chi connectivity index (χ2n) is 4.52. The van der Waals surface area contributed by atoms with Crippen LogP contribution in [0.1, 0.15) is 19.3 Å². The number of hydrogen-bond acceptors (Lipinski definition) is 4. The predicted molar refractivity (Wildman–Crippen MR) is 76.1 cm³/mol. The number of anilines is 1. The van der Waals surface area contributed by atoms with Crippen molar-refractivity contribution >= 4 is 27.5 Å². The topological polar surface area (TPSA) is 72.2 Å². The Labute approximate surface area is 117 Å². The zero-order valence-electron chi connectivity index (χ0n) is 10.4. The lowest BCUT2D eigenvalue weighted by molar-refractivity contribution is 0.573. The Hall–Kier alpha value is -0.790. The third-order valence-electron chi connectivity index (χ3n) is 3.04. The van der Waals surface area contributed by atoms with Crippen molar-refractivity contribution in [2.75, 3.05) is 18.0 Å². The molecule has 1 atom stereocenters. The summed E-state index contributed by atoms with van der Waals surface area (Å²) in [6.07, 6.45) is 3.35. The van der Waals surface area contributed by atoms with Crippen LogP contribution >= 0.6 is 11.8 Å². The normalized spacial score (nSPS) is 20.4. The smallest absolute Gasteiger partial charge is 0.242 e. The standard InChI is InChI=1S/C12H17FN2O2S2/c13-9-4-5-12(11(14)7-9)19(16,17)15-8-10-3-1-2-6-18-10/h4-5,7,10,15H,1-3,6,8,14H2. The van der Waals surface area contributed by atoms with E-state index >= 15 is 0 Å². The third kappa shape index (κ3) is 3.84. The van der Waals surface area contributed by atoms with Gasteiger partial charge in [-0.15, -0.1) is 0 Å². The first kappa shape index (κ1) is 14.6. The molecule has 2 rings (SSSR count). The predicted octanol–water partition coefficient (Wildman–Crippen LogP) is 1.97. The molecule has 4 nitrogen and oxygen atoms in total. The largest absolute Gasteiger partial charge is 0.398 e. The van der Waals surface area contributed by atoms with Crippen molar-refractivity contribution in [2.45, 2.75) is 29.4 Å². The van der Waals surface area contributed by atoms with Gasteiger partial charge < -0.3 is 5.73 Å². The molecular formula is C12H17FN2O2S2. The van der Waals surface area contributed by atoms with E-state index in [0.29, 0.717) is 11.8 Å². The minimum Gasteiger partial charge on any atom is -0.398 e. The Bertz CT molecular complexity index is 543. The van der Waals surface area contributed by atoms with E-state index in [-0.39, 0.29) is 10.6 Å². The van der Waals surface area contributed by atoms with Gasteiger partial charge in [0.1, 0.15) is 10.7 Å². The number of halogens is 1. The van der Waals surface area contributed by atoms with Crippen LogP contribution < -0.4 is 10.5 Å². The van der Waals surface area contributed by atoms with Crippen molar-refractivity contribution in [2.24, 2.45) is 0 Å². The number of hydrogen-bond donors (Lipinski definition) is 2. The van der Waals surface area contributed by atoms with Gasteiger partial charge in [-0.05, 0) is 36.8 Å². The lowest BCUT2D eigenvalue weighted by atomic mass is 10.2. The molecule has 1 unspecified atom stereocenters. The van der Waals surface area contributed by atoms with Crippen LogP contribution in [0.2, 0.25) is 0 Å². The summed E-state index contributed by atoms with van der Waals surface area (Å²) >= 11 is 1.79. The molecule has 0 radical (unpaired) electrons. The summed E-state index contributed by atoms with van der Waals surface area (Å²) in [6.45, 7) is 0.393. The maximum atomic E-state index is 12.9. The SMILES string of the molecule is Nc1cc(F)ccc1S(=O)(=O)NCC1CCCCS1. The van der Waals surface area contributed by atoms with Gasteiger partial charge in [0, 0.05) is 11.8 Å². The van der Waals surface area contributed by atoms with Crippen LogP contribution in [0.15, 0.2) is 23.1 Å².